The molecule has 2 N–H and O–H groups in total. The van der Waals surface area contributed by atoms with Crippen molar-refractivity contribution in [2.24, 2.45) is 0 Å². The Balaban J connectivity index is 1.50. The molecule has 0 saturated carbocycles. The third-order valence-corrected chi connectivity index (χ3v) is 6.13. The average Bonchev–Trinajstić information content (AvgIpc) is 3.32. The molecule has 1 aliphatic heterocycles. The highest BCUT2D eigenvalue weighted by atomic mass is 35.5. The molecule has 0 spiro atoms. The molecule has 1 aliphatic rings. The molecule has 0 aliphatic carbocycles. The number of anilines is 1. The van der Waals surface area contributed by atoms with E-state index in [-0.39, 0.29) is 18.1 Å². The number of nitrogens with zero attached hydrogens (tertiary/aromatic N) is 2. The van der Waals surface area contributed by atoms with Gasteiger partial charge in [-0.15, -0.1) is 11.3 Å². The van der Waals surface area contributed by atoms with Crippen LogP contribution in [0.3, 0.4) is 0 Å². The van der Waals surface area contributed by atoms with Gasteiger partial charge in [0.05, 0.1) is 23.5 Å². The van der Waals surface area contributed by atoms with Gasteiger partial charge in [0, 0.05) is 21.4 Å². The van der Waals surface area contributed by atoms with E-state index in [4.69, 9.17) is 17.0 Å². The van der Waals surface area contributed by atoms with Crippen molar-refractivity contribution in [3.63, 3.8) is 0 Å². The van der Waals surface area contributed by atoms with Crippen LogP contribution in [0.15, 0.2) is 77.9 Å². The first-order valence-corrected chi connectivity index (χ1v) is 10.4. The van der Waals surface area contributed by atoms with Crippen LogP contribution in [-0.4, -0.2) is 22.5 Å². The fraction of sp³-hybridized carbons (Fsp3) is 0.0435. The van der Waals surface area contributed by atoms with Crippen LogP contribution in [0, 0.1) is 5.41 Å². The second kappa shape index (κ2) is 7.03. The minimum atomic E-state index is 0.167. The SMILES string of the molecule is N=C1C(c2nc(-c3ccc(Cl)cc3)cs2)=C(O)CN1c1cccc2ccccc12. The number of fused-ring (bicyclic) bond motifs is 1. The molecule has 29 heavy (non-hydrogen) atoms. The van der Waals surface area contributed by atoms with Crippen molar-refractivity contribution >= 4 is 50.8 Å². The van der Waals surface area contributed by atoms with E-state index in [0.29, 0.717) is 15.6 Å². The van der Waals surface area contributed by atoms with Crippen LogP contribution in [0.2, 0.25) is 5.02 Å². The van der Waals surface area contributed by atoms with Crippen LogP contribution in [0.25, 0.3) is 27.6 Å². The van der Waals surface area contributed by atoms with Gasteiger partial charge in [-0.05, 0) is 23.6 Å². The summed E-state index contributed by atoms with van der Waals surface area (Å²) >= 11 is 7.39. The molecule has 0 amide bonds. The lowest BCUT2D eigenvalue weighted by Crippen LogP contribution is -2.26. The molecule has 3 aromatic carbocycles. The van der Waals surface area contributed by atoms with Crippen LogP contribution >= 0.6 is 22.9 Å². The summed E-state index contributed by atoms with van der Waals surface area (Å²) in [5.41, 5.74) is 3.15. The predicted octanol–water partition coefficient (Wildman–Crippen LogP) is 6.38. The zero-order valence-electron chi connectivity index (χ0n) is 15.3. The van der Waals surface area contributed by atoms with E-state index in [2.05, 4.69) is 4.98 Å². The van der Waals surface area contributed by atoms with E-state index in [0.717, 1.165) is 27.7 Å². The highest BCUT2D eigenvalue weighted by molar-refractivity contribution is 7.11. The minimum absolute atomic E-state index is 0.167. The molecule has 142 valence electrons. The average molecular weight is 418 g/mol. The summed E-state index contributed by atoms with van der Waals surface area (Å²) in [5, 5.41) is 24.8. The lowest BCUT2D eigenvalue weighted by atomic mass is 10.1. The molecule has 4 aromatic rings. The van der Waals surface area contributed by atoms with Crippen LogP contribution in [0.4, 0.5) is 5.69 Å². The van der Waals surface area contributed by atoms with Crippen molar-refractivity contribution in [3.8, 4) is 11.3 Å². The first kappa shape index (κ1) is 17.9. The number of thiazole rings is 1. The number of hydrogen-bond acceptors (Lipinski definition) is 4. The fourth-order valence-corrected chi connectivity index (χ4v) is 4.62. The number of aliphatic hydroxyl groups excluding tert-OH is 1. The molecule has 0 fully saturated rings. The summed E-state index contributed by atoms with van der Waals surface area (Å²) in [4.78, 5) is 6.50. The van der Waals surface area contributed by atoms with Crippen molar-refractivity contribution in [1.29, 1.82) is 5.41 Å². The predicted molar refractivity (Wildman–Crippen MR) is 121 cm³/mol. The van der Waals surface area contributed by atoms with E-state index in [1.54, 1.807) is 0 Å². The molecule has 5 rings (SSSR count). The van der Waals surface area contributed by atoms with Gasteiger partial charge < -0.3 is 10.0 Å². The maximum atomic E-state index is 10.7. The van der Waals surface area contributed by atoms with Crippen molar-refractivity contribution in [3.05, 3.63) is 87.9 Å². The van der Waals surface area contributed by atoms with Crippen molar-refractivity contribution in [1.82, 2.24) is 4.98 Å². The lowest BCUT2D eigenvalue weighted by Gasteiger charge is -2.20. The summed E-state index contributed by atoms with van der Waals surface area (Å²) < 4.78 is 0. The molecule has 0 saturated heterocycles. The summed E-state index contributed by atoms with van der Waals surface area (Å²) in [7, 11) is 0. The van der Waals surface area contributed by atoms with E-state index in [1.807, 2.05) is 77.0 Å². The molecule has 1 aromatic heterocycles. The van der Waals surface area contributed by atoms with E-state index < -0.39 is 0 Å². The quantitative estimate of drug-likeness (QED) is 0.406. The molecule has 0 unspecified atom stereocenters. The van der Waals surface area contributed by atoms with Gasteiger partial charge in [-0.25, -0.2) is 4.98 Å². The number of rotatable bonds is 3. The van der Waals surface area contributed by atoms with Gasteiger partial charge >= 0.3 is 0 Å². The minimum Gasteiger partial charge on any atom is -0.510 e. The van der Waals surface area contributed by atoms with Crippen LogP contribution in [-0.2, 0) is 0 Å². The van der Waals surface area contributed by atoms with Crippen LogP contribution in [0.5, 0.6) is 0 Å². The number of aromatic nitrogens is 1. The number of nitrogens with one attached hydrogen (secondary N) is 1. The zero-order chi connectivity index (χ0) is 20.0. The van der Waals surface area contributed by atoms with Gasteiger partial charge in [0.15, 0.2) is 0 Å². The van der Waals surface area contributed by atoms with Crippen molar-refractivity contribution in [2.45, 2.75) is 0 Å². The standard InChI is InChI=1S/C23H16ClN3OS/c24-16-10-8-15(9-11-16)18-13-29-23(26-18)21-20(28)12-27(22(21)25)19-7-3-5-14-4-1-2-6-17(14)19/h1-11,13,25,28H,12H2. The molecule has 6 heteroatoms. The second-order valence-corrected chi connectivity index (χ2v) is 8.09. The molecule has 4 nitrogen and oxygen atoms in total. The van der Waals surface area contributed by atoms with E-state index in [9.17, 15) is 5.11 Å². The maximum Gasteiger partial charge on any atom is 0.139 e. The van der Waals surface area contributed by atoms with Crippen molar-refractivity contribution < 1.29 is 5.11 Å². The Morgan fingerprint density at radius 2 is 1.76 bits per heavy atom. The van der Waals surface area contributed by atoms with Gasteiger partial charge in [-0.2, -0.15) is 0 Å². The lowest BCUT2D eigenvalue weighted by molar-refractivity contribution is 0.411. The third-order valence-electron chi connectivity index (χ3n) is 5.02. The molecule has 2 heterocycles. The summed E-state index contributed by atoms with van der Waals surface area (Å²) in [5.74, 6) is 0.427. The normalized spacial score (nSPS) is 14.2. The number of aliphatic hydroxyl groups is 1. The Hall–Kier alpha value is -3.15. The Kier molecular flexibility index (Phi) is 4.34. The number of halogens is 1. The molecule has 0 bridgehead atoms. The number of hydrogen-bond donors (Lipinski definition) is 2. The van der Waals surface area contributed by atoms with E-state index in [1.165, 1.54) is 11.3 Å². The molecular weight excluding hydrogens is 402 g/mol. The largest absolute Gasteiger partial charge is 0.510 e. The summed E-state index contributed by atoms with van der Waals surface area (Å²) in [6.07, 6.45) is 0. The van der Waals surface area contributed by atoms with Gasteiger partial charge in [-0.3, -0.25) is 5.41 Å². The highest BCUT2D eigenvalue weighted by Crippen LogP contribution is 2.37. The monoisotopic (exact) mass is 417 g/mol. The number of amidine groups is 1. The first-order valence-electron chi connectivity index (χ1n) is 9.10. The fourth-order valence-electron chi connectivity index (χ4n) is 3.60. The van der Waals surface area contributed by atoms with Crippen LogP contribution < -0.4 is 4.90 Å². The second-order valence-electron chi connectivity index (χ2n) is 6.80. The maximum absolute atomic E-state index is 10.7. The van der Waals surface area contributed by atoms with Gasteiger partial charge in [-0.1, -0.05) is 60.1 Å². The Bertz CT molecular complexity index is 1270. The Labute approximate surface area is 176 Å². The van der Waals surface area contributed by atoms with Gasteiger partial charge in [0.25, 0.3) is 0 Å². The van der Waals surface area contributed by atoms with Gasteiger partial charge in [0.1, 0.15) is 16.6 Å². The number of benzene rings is 3. The third kappa shape index (κ3) is 3.09. The molecule has 0 radical (unpaired) electrons. The zero-order valence-corrected chi connectivity index (χ0v) is 16.8. The summed E-state index contributed by atoms with van der Waals surface area (Å²) in [6, 6.07) is 21.5. The topological polar surface area (TPSA) is 60.2 Å². The van der Waals surface area contributed by atoms with E-state index >= 15 is 0 Å². The highest BCUT2D eigenvalue weighted by Gasteiger charge is 2.32. The van der Waals surface area contributed by atoms with Gasteiger partial charge in [0.2, 0.25) is 0 Å². The Morgan fingerprint density at radius 3 is 2.59 bits per heavy atom. The van der Waals surface area contributed by atoms with Crippen molar-refractivity contribution in [2.75, 3.05) is 11.4 Å². The smallest absolute Gasteiger partial charge is 0.139 e. The summed E-state index contributed by atoms with van der Waals surface area (Å²) in [6.45, 7) is 0.262. The molecular formula is C23H16ClN3OS. The molecule has 0 atom stereocenters. The Morgan fingerprint density at radius 1 is 1.00 bits per heavy atom. The first-order chi connectivity index (χ1) is 14.1. The van der Waals surface area contributed by atoms with Crippen LogP contribution in [0.1, 0.15) is 5.01 Å².